The second-order valence-electron chi connectivity index (χ2n) is 5.91. The maximum absolute atomic E-state index is 11.0. The van der Waals surface area contributed by atoms with Crippen LogP contribution in [0.15, 0.2) is 60.7 Å². The lowest BCUT2D eigenvalue weighted by molar-refractivity contribution is -0.384. The molecule has 0 spiro atoms. The smallest absolute Gasteiger partial charge is 0.271 e. The van der Waals surface area contributed by atoms with E-state index in [-0.39, 0.29) is 16.7 Å². The van der Waals surface area contributed by atoms with Crippen molar-refractivity contribution in [1.82, 2.24) is 0 Å². The van der Waals surface area contributed by atoms with Crippen LogP contribution >= 0.6 is 0 Å². The Balaban J connectivity index is 1.80. The first-order chi connectivity index (χ1) is 10.7. The molecule has 110 valence electrons. The zero-order valence-electron chi connectivity index (χ0n) is 12.0. The first-order valence-corrected chi connectivity index (χ1v) is 7.50. The minimum Gasteiger partial charge on any atom is -0.377 e. The Hall–Kier alpha value is -2.62. The van der Waals surface area contributed by atoms with Crippen molar-refractivity contribution in [2.24, 2.45) is 5.92 Å². The maximum atomic E-state index is 11.0. The minimum absolute atomic E-state index is 0.137. The molecule has 0 amide bonds. The van der Waals surface area contributed by atoms with Gasteiger partial charge in [-0.3, -0.25) is 10.1 Å². The van der Waals surface area contributed by atoms with E-state index in [9.17, 15) is 10.1 Å². The molecular formula is C18H16N2O2. The molecule has 22 heavy (non-hydrogen) atoms. The lowest BCUT2D eigenvalue weighted by Crippen LogP contribution is -2.29. The lowest BCUT2D eigenvalue weighted by Gasteiger charge is -2.37. The Morgan fingerprint density at radius 3 is 2.73 bits per heavy atom. The van der Waals surface area contributed by atoms with E-state index in [0.717, 1.165) is 17.7 Å². The highest BCUT2D eigenvalue weighted by molar-refractivity contribution is 5.63. The van der Waals surface area contributed by atoms with Crippen molar-refractivity contribution >= 4 is 11.4 Å². The highest BCUT2D eigenvalue weighted by atomic mass is 16.6. The third-order valence-electron chi connectivity index (χ3n) is 4.72. The molecule has 1 aliphatic carbocycles. The number of nitrogens with one attached hydrogen (secondary N) is 1. The van der Waals surface area contributed by atoms with Crippen LogP contribution in [0, 0.1) is 16.0 Å². The van der Waals surface area contributed by atoms with E-state index in [1.807, 2.05) is 24.3 Å². The number of nitro benzene ring substituents is 1. The van der Waals surface area contributed by atoms with Crippen LogP contribution < -0.4 is 5.32 Å². The van der Waals surface area contributed by atoms with Gasteiger partial charge in [0.2, 0.25) is 0 Å². The van der Waals surface area contributed by atoms with E-state index in [2.05, 4.69) is 29.6 Å². The maximum Gasteiger partial charge on any atom is 0.271 e. The molecule has 2 aliphatic rings. The van der Waals surface area contributed by atoms with E-state index in [4.69, 9.17) is 0 Å². The highest BCUT2D eigenvalue weighted by Gasteiger charge is 2.38. The largest absolute Gasteiger partial charge is 0.377 e. The van der Waals surface area contributed by atoms with Crippen LogP contribution in [0.4, 0.5) is 11.4 Å². The van der Waals surface area contributed by atoms with Gasteiger partial charge in [0.25, 0.3) is 5.69 Å². The number of non-ortho nitro benzene ring substituents is 1. The molecule has 4 nitrogen and oxygen atoms in total. The van der Waals surface area contributed by atoms with Gasteiger partial charge < -0.3 is 5.32 Å². The van der Waals surface area contributed by atoms with Gasteiger partial charge in [0.15, 0.2) is 0 Å². The Morgan fingerprint density at radius 1 is 1.14 bits per heavy atom. The van der Waals surface area contributed by atoms with Gasteiger partial charge in [-0.25, -0.2) is 0 Å². The molecule has 0 fully saturated rings. The van der Waals surface area contributed by atoms with Crippen LogP contribution in [0.5, 0.6) is 0 Å². The van der Waals surface area contributed by atoms with E-state index < -0.39 is 0 Å². The molecule has 0 saturated heterocycles. The number of benzene rings is 2. The van der Waals surface area contributed by atoms with Crippen LogP contribution in [0.25, 0.3) is 0 Å². The molecule has 0 unspecified atom stereocenters. The van der Waals surface area contributed by atoms with Gasteiger partial charge in [-0.1, -0.05) is 42.5 Å². The van der Waals surface area contributed by atoms with Gasteiger partial charge in [-0.05, 0) is 29.5 Å². The summed E-state index contributed by atoms with van der Waals surface area (Å²) in [7, 11) is 0. The molecule has 0 bridgehead atoms. The van der Waals surface area contributed by atoms with Crippen molar-refractivity contribution in [3.05, 3.63) is 81.9 Å². The molecule has 3 atom stereocenters. The van der Waals surface area contributed by atoms with Gasteiger partial charge in [0.1, 0.15) is 0 Å². The van der Waals surface area contributed by atoms with Crippen molar-refractivity contribution in [1.29, 1.82) is 0 Å². The Labute approximate surface area is 128 Å². The zero-order valence-corrected chi connectivity index (χ0v) is 12.0. The van der Waals surface area contributed by atoms with Gasteiger partial charge >= 0.3 is 0 Å². The summed E-state index contributed by atoms with van der Waals surface area (Å²) in [6, 6.07) is 15.7. The number of nitro groups is 1. The van der Waals surface area contributed by atoms with Crippen LogP contribution in [-0.2, 0) is 0 Å². The molecule has 1 N–H and O–H groups in total. The second kappa shape index (κ2) is 4.98. The molecule has 1 aliphatic heterocycles. The number of rotatable bonds is 2. The third-order valence-corrected chi connectivity index (χ3v) is 4.72. The van der Waals surface area contributed by atoms with Gasteiger partial charge in [-0.15, -0.1) is 0 Å². The number of fused-ring (bicyclic) bond motifs is 3. The Bertz CT molecular complexity index is 755. The van der Waals surface area contributed by atoms with Crippen molar-refractivity contribution in [2.45, 2.75) is 18.4 Å². The molecule has 4 rings (SSSR count). The first kappa shape index (κ1) is 13.1. The van der Waals surface area contributed by atoms with E-state index in [0.29, 0.717) is 11.8 Å². The van der Waals surface area contributed by atoms with Crippen LogP contribution in [0.3, 0.4) is 0 Å². The van der Waals surface area contributed by atoms with Crippen molar-refractivity contribution < 1.29 is 4.92 Å². The predicted molar refractivity (Wildman–Crippen MR) is 85.9 cm³/mol. The normalized spacial score (nSPS) is 25.2. The average Bonchev–Trinajstić information content (AvgIpc) is 3.04. The fourth-order valence-corrected chi connectivity index (χ4v) is 3.69. The van der Waals surface area contributed by atoms with Crippen LogP contribution in [0.1, 0.15) is 29.5 Å². The fraction of sp³-hybridized carbons (Fsp3) is 0.222. The SMILES string of the molecule is O=[N+]([O-])c1ccc2c(c1)N[C@H](c1ccccc1)[C@@H]1CC=C[C@H]21. The van der Waals surface area contributed by atoms with Crippen molar-refractivity contribution in [3.8, 4) is 0 Å². The summed E-state index contributed by atoms with van der Waals surface area (Å²) in [5.74, 6) is 0.804. The lowest BCUT2D eigenvalue weighted by atomic mass is 9.77. The summed E-state index contributed by atoms with van der Waals surface area (Å²) in [5.41, 5.74) is 3.42. The summed E-state index contributed by atoms with van der Waals surface area (Å²) in [4.78, 5) is 10.7. The van der Waals surface area contributed by atoms with E-state index in [1.54, 1.807) is 12.1 Å². The molecule has 0 radical (unpaired) electrons. The Kier molecular flexibility index (Phi) is 2.96. The monoisotopic (exact) mass is 292 g/mol. The van der Waals surface area contributed by atoms with Gasteiger partial charge in [-0.2, -0.15) is 0 Å². The summed E-state index contributed by atoms with van der Waals surface area (Å²) < 4.78 is 0. The second-order valence-corrected chi connectivity index (χ2v) is 5.91. The topological polar surface area (TPSA) is 55.2 Å². The highest BCUT2D eigenvalue weighted by Crippen LogP contribution is 2.50. The number of hydrogen-bond acceptors (Lipinski definition) is 3. The summed E-state index contributed by atoms with van der Waals surface area (Å²) in [6.07, 6.45) is 5.50. The summed E-state index contributed by atoms with van der Waals surface area (Å²) >= 11 is 0. The van der Waals surface area contributed by atoms with Crippen LogP contribution in [-0.4, -0.2) is 4.92 Å². The number of anilines is 1. The Morgan fingerprint density at radius 2 is 1.95 bits per heavy atom. The summed E-state index contributed by atoms with van der Waals surface area (Å²) in [5, 5.41) is 14.6. The zero-order chi connectivity index (χ0) is 15.1. The van der Waals surface area contributed by atoms with Crippen LogP contribution in [0.2, 0.25) is 0 Å². The number of nitrogens with zero attached hydrogens (tertiary/aromatic N) is 1. The first-order valence-electron chi connectivity index (χ1n) is 7.50. The average molecular weight is 292 g/mol. The van der Waals surface area contributed by atoms with Gasteiger partial charge in [0, 0.05) is 23.7 Å². The van der Waals surface area contributed by atoms with E-state index >= 15 is 0 Å². The van der Waals surface area contributed by atoms with Crippen molar-refractivity contribution in [2.75, 3.05) is 5.32 Å². The molecule has 2 aromatic carbocycles. The molecule has 0 aromatic heterocycles. The molecule has 0 saturated carbocycles. The van der Waals surface area contributed by atoms with E-state index in [1.165, 1.54) is 5.56 Å². The molecule has 2 aromatic rings. The van der Waals surface area contributed by atoms with Crippen molar-refractivity contribution in [3.63, 3.8) is 0 Å². The number of hydrogen-bond donors (Lipinski definition) is 1. The quantitative estimate of drug-likeness (QED) is 0.506. The molecule has 4 heteroatoms. The number of allylic oxidation sites excluding steroid dienone is 2. The minimum atomic E-state index is -0.337. The van der Waals surface area contributed by atoms with Gasteiger partial charge in [0.05, 0.1) is 11.0 Å². The predicted octanol–water partition coefficient (Wildman–Crippen LogP) is 4.42. The molecular weight excluding hydrogens is 276 g/mol. The summed E-state index contributed by atoms with van der Waals surface area (Å²) in [6.45, 7) is 0. The molecule has 1 heterocycles. The fourth-order valence-electron chi connectivity index (χ4n) is 3.69. The third kappa shape index (κ3) is 1.99. The standard InChI is InChI=1S/C18H16N2O2/c21-20(22)13-9-10-15-14-7-4-8-16(14)18(19-17(15)11-13)12-5-2-1-3-6-12/h1-7,9-11,14,16,18-19H,8H2/t14-,16-,18-/m1/s1.